The molecule has 0 saturated carbocycles. The van der Waals surface area contributed by atoms with Gasteiger partial charge in [0, 0.05) is 19.0 Å². The SMILES string of the molecule is COc1ccc(N(CC(=O)N(Cc2ccc(F)cc2)C(Cc2ccccc2)C(=O)NC(C)C)S(=O)(=O)c2ccc(C)cc2)cc1. The molecular formula is C35H38FN3O5S. The predicted octanol–water partition coefficient (Wildman–Crippen LogP) is 5.50. The Morgan fingerprint density at radius 3 is 2.04 bits per heavy atom. The molecule has 0 aromatic heterocycles. The second-order valence-electron chi connectivity index (χ2n) is 11.0. The zero-order valence-corrected chi connectivity index (χ0v) is 26.6. The number of benzene rings is 4. The van der Waals surface area contributed by atoms with Crippen LogP contribution < -0.4 is 14.4 Å². The number of rotatable bonds is 13. The number of nitrogens with zero attached hydrogens (tertiary/aromatic N) is 2. The summed E-state index contributed by atoms with van der Waals surface area (Å²) in [5.41, 5.74) is 2.53. The Balaban J connectivity index is 1.80. The fourth-order valence-corrected chi connectivity index (χ4v) is 6.25. The van der Waals surface area contributed by atoms with Gasteiger partial charge in [-0.2, -0.15) is 0 Å². The highest BCUT2D eigenvalue weighted by Gasteiger charge is 2.34. The zero-order valence-electron chi connectivity index (χ0n) is 25.8. The fraction of sp³-hybridized carbons (Fsp3) is 0.257. The standard InChI is InChI=1S/C35H38FN3O5S/c1-25(2)37-35(41)33(22-27-8-6-5-7-9-27)38(23-28-12-14-29(36)15-13-28)34(40)24-39(30-16-18-31(44-4)19-17-30)45(42,43)32-20-10-26(3)11-21-32/h5-21,25,33H,22-24H2,1-4H3,(H,37,41). The molecule has 45 heavy (non-hydrogen) atoms. The molecule has 2 amide bonds. The van der Waals surface area contributed by atoms with Gasteiger partial charge < -0.3 is 15.0 Å². The van der Waals surface area contributed by atoms with Gasteiger partial charge in [-0.05, 0) is 80.4 Å². The quantitative estimate of drug-likeness (QED) is 0.210. The maximum atomic E-state index is 14.4. The van der Waals surface area contributed by atoms with E-state index in [9.17, 15) is 22.4 Å². The summed E-state index contributed by atoms with van der Waals surface area (Å²) in [7, 11) is -2.72. The normalized spacial score (nSPS) is 12.0. The molecule has 0 heterocycles. The van der Waals surface area contributed by atoms with E-state index < -0.39 is 34.3 Å². The number of amides is 2. The maximum absolute atomic E-state index is 14.4. The Kier molecular flexibility index (Phi) is 11.0. The average molecular weight is 632 g/mol. The number of hydrogen-bond acceptors (Lipinski definition) is 5. The number of halogens is 1. The van der Waals surface area contributed by atoms with Crippen LogP contribution in [0, 0.1) is 12.7 Å². The van der Waals surface area contributed by atoms with E-state index in [4.69, 9.17) is 4.74 Å². The van der Waals surface area contributed by atoms with Crippen molar-refractivity contribution in [2.75, 3.05) is 18.0 Å². The Morgan fingerprint density at radius 1 is 0.844 bits per heavy atom. The van der Waals surface area contributed by atoms with Crippen molar-refractivity contribution < 1.29 is 27.1 Å². The molecule has 1 unspecified atom stereocenters. The third kappa shape index (κ3) is 8.69. The number of anilines is 1. The molecule has 0 aliphatic carbocycles. The van der Waals surface area contributed by atoms with Crippen LogP contribution >= 0.6 is 0 Å². The molecule has 10 heteroatoms. The van der Waals surface area contributed by atoms with Crippen LogP contribution in [-0.4, -0.2) is 50.9 Å². The second-order valence-corrected chi connectivity index (χ2v) is 12.9. The van der Waals surface area contributed by atoms with E-state index in [0.29, 0.717) is 11.3 Å². The van der Waals surface area contributed by atoms with Gasteiger partial charge in [-0.15, -0.1) is 0 Å². The molecular weight excluding hydrogens is 593 g/mol. The Labute approximate surface area is 264 Å². The molecule has 0 aliphatic heterocycles. The maximum Gasteiger partial charge on any atom is 0.264 e. The van der Waals surface area contributed by atoms with Crippen molar-refractivity contribution in [1.29, 1.82) is 0 Å². The Morgan fingerprint density at radius 2 is 1.47 bits per heavy atom. The third-order valence-electron chi connectivity index (χ3n) is 7.22. The highest BCUT2D eigenvalue weighted by molar-refractivity contribution is 7.92. The first-order valence-electron chi connectivity index (χ1n) is 14.6. The molecule has 0 spiro atoms. The van der Waals surface area contributed by atoms with E-state index in [1.807, 2.05) is 51.1 Å². The third-order valence-corrected chi connectivity index (χ3v) is 9.00. The lowest BCUT2D eigenvalue weighted by molar-refractivity contribution is -0.140. The summed E-state index contributed by atoms with van der Waals surface area (Å²) in [6, 6.07) is 26.4. The lowest BCUT2D eigenvalue weighted by atomic mass is 10.0. The van der Waals surface area contributed by atoms with Crippen LogP contribution in [-0.2, 0) is 32.6 Å². The van der Waals surface area contributed by atoms with Crippen LogP contribution in [0.1, 0.15) is 30.5 Å². The Bertz CT molecular complexity index is 1680. The van der Waals surface area contributed by atoms with Gasteiger partial charge in [0.05, 0.1) is 17.7 Å². The summed E-state index contributed by atoms with van der Waals surface area (Å²) in [4.78, 5) is 29.5. The molecule has 4 aromatic rings. The number of nitrogens with one attached hydrogen (secondary N) is 1. The van der Waals surface area contributed by atoms with Crippen molar-refractivity contribution in [3.05, 3.63) is 126 Å². The van der Waals surface area contributed by atoms with Gasteiger partial charge in [-0.3, -0.25) is 13.9 Å². The van der Waals surface area contributed by atoms with Crippen LogP contribution in [0.3, 0.4) is 0 Å². The van der Waals surface area contributed by atoms with Crippen LogP contribution in [0.4, 0.5) is 10.1 Å². The molecule has 1 atom stereocenters. The molecule has 0 fully saturated rings. The first kappa shape index (κ1) is 33.2. The molecule has 4 rings (SSSR count). The Hall–Kier alpha value is -4.70. The van der Waals surface area contributed by atoms with Crippen molar-refractivity contribution in [2.24, 2.45) is 0 Å². The minimum Gasteiger partial charge on any atom is -0.497 e. The molecule has 236 valence electrons. The molecule has 8 nitrogen and oxygen atoms in total. The fourth-order valence-electron chi connectivity index (χ4n) is 4.84. The second kappa shape index (κ2) is 14.9. The van der Waals surface area contributed by atoms with Crippen LogP contribution in [0.25, 0.3) is 0 Å². The first-order valence-corrected chi connectivity index (χ1v) is 16.0. The highest BCUT2D eigenvalue weighted by Crippen LogP contribution is 2.27. The summed E-state index contributed by atoms with van der Waals surface area (Å²) < 4.78 is 48.3. The zero-order chi connectivity index (χ0) is 32.6. The van der Waals surface area contributed by atoms with E-state index >= 15 is 0 Å². The van der Waals surface area contributed by atoms with Crippen molar-refractivity contribution in [1.82, 2.24) is 10.2 Å². The van der Waals surface area contributed by atoms with E-state index in [1.54, 1.807) is 48.5 Å². The minimum absolute atomic E-state index is 0.0141. The van der Waals surface area contributed by atoms with Gasteiger partial charge >= 0.3 is 0 Å². The van der Waals surface area contributed by atoms with Crippen LogP contribution in [0.15, 0.2) is 108 Å². The summed E-state index contributed by atoms with van der Waals surface area (Å²) in [6.07, 6.45) is 0.180. The summed E-state index contributed by atoms with van der Waals surface area (Å²) in [6.45, 7) is 4.85. The van der Waals surface area contributed by atoms with Gasteiger partial charge in [0.25, 0.3) is 10.0 Å². The van der Waals surface area contributed by atoms with Crippen molar-refractivity contribution in [3.63, 3.8) is 0 Å². The number of carbonyl (C=O) groups excluding carboxylic acids is 2. The van der Waals surface area contributed by atoms with E-state index in [-0.39, 0.29) is 35.5 Å². The molecule has 0 bridgehead atoms. The molecule has 0 aliphatic rings. The summed E-state index contributed by atoms with van der Waals surface area (Å²) in [5, 5.41) is 2.91. The van der Waals surface area contributed by atoms with Gasteiger partial charge in [-0.1, -0.05) is 60.2 Å². The number of carbonyl (C=O) groups is 2. The first-order chi connectivity index (χ1) is 21.5. The van der Waals surface area contributed by atoms with Crippen molar-refractivity contribution in [3.8, 4) is 5.75 Å². The summed E-state index contributed by atoms with van der Waals surface area (Å²) >= 11 is 0. The number of ether oxygens (including phenoxy) is 1. The van der Waals surface area contributed by atoms with Gasteiger partial charge in [0.15, 0.2) is 0 Å². The average Bonchev–Trinajstić information content (AvgIpc) is 3.02. The minimum atomic E-state index is -4.23. The molecule has 0 radical (unpaired) electrons. The smallest absolute Gasteiger partial charge is 0.264 e. The molecule has 4 aromatic carbocycles. The number of methoxy groups -OCH3 is 1. The largest absolute Gasteiger partial charge is 0.497 e. The van der Waals surface area contributed by atoms with Gasteiger partial charge in [-0.25, -0.2) is 12.8 Å². The van der Waals surface area contributed by atoms with E-state index in [1.165, 1.54) is 36.3 Å². The number of sulfonamides is 1. The van der Waals surface area contributed by atoms with Crippen LogP contribution in [0.2, 0.25) is 0 Å². The highest BCUT2D eigenvalue weighted by atomic mass is 32.2. The predicted molar refractivity (Wildman–Crippen MR) is 173 cm³/mol. The molecule has 0 saturated heterocycles. The van der Waals surface area contributed by atoms with Gasteiger partial charge in [0.1, 0.15) is 24.2 Å². The van der Waals surface area contributed by atoms with E-state index in [0.717, 1.165) is 15.4 Å². The lowest BCUT2D eigenvalue weighted by Crippen LogP contribution is -2.54. The number of hydrogen-bond donors (Lipinski definition) is 1. The lowest BCUT2D eigenvalue weighted by Gasteiger charge is -2.34. The van der Waals surface area contributed by atoms with E-state index in [2.05, 4.69) is 5.32 Å². The van der Waals surface area contributed by atoms with Crippen molar-refractivity contribution >= 4 is 27.5 Å². The summed E-state index contributed by atoms with van der Waals surface area (Å²) in [5.74, 6) is -0.916. The van der Waals surface area contributed by atoms with Gasteiger partial charge in [0.2, 0.25) is 11.8 Å². The topological polar surface area (TPSA) is 96.0 Å². The monoisotopic (exact) mass is 631 g/mol. The number of aryl methyl sites for hydroxylation is 1. The molecule has 1 N–H and O–H groups in total. The van der Waals surface area contributed by atoms with Crippen molar-refractivity contribution in [2.45, 2.75) is 50.7 Å². The van der Waals surface area contributed by atoms with Crippen LogP contribution in [0.5, 0.6) is 5.75 Å².